The van der Waals surface area contributed by atoms with Crippen molar-refractivity contribution in [3.63, 3.8) is 0 Å². The Morgan fingerprint density at radius 1 is 0.643 bits per heavy atom. The van der Waals surface area contributed by atoms with Gasteiger partial charge in [0.05, 0.1) is 17.9 Å². The Bertz CT molecular complexity index is 354. The molecule has 0 radical (unpaired) electrons. The molecule has 0 aliphatic heterocycles. The van der Waals surface area contributed by atoms with Crippen molar-refractivity contribution in [2.24, 2.45) is 17.2 Å². The van der Waals surface area contributed by atoms with Crippen molar-refractivity contribution in [2.45, 2.75) is 37.4 Å². The molecule has 0 heterocycles. The van der Waals surface area contributed by atoms with Gasteiger partial charge in [-0.25, -0.2) is 0 Å². The molecule has 3 unspecified atom stereocenters. The van der Waals surface area contributed by atoms with Gasteiger partial charge < -0.3 is 46.9 Å². The molecule has 0 aliphatic rings. The summed E-state index contributed by atoms with van der Waals surface area (Å²) in [5.41, 5.74) is 15.4. The topological polar surface area (TPSA) is 198 Å². The molecule has 28 heavy (non-hydrogen) atoms. The van der Waals surface area contributed by atoms with Crippen LogP contribution in [-0.4, -0.2) is 72.1 Å². The van der Waals surface area contributed by atoms with E-state index in [1.165, 1.54) is 0 Å². The second-order valence-electron chi connectivity index (χ2n) is 5.12. The van der Waals surface area contributed by atoms with E-state index in [-0.39, 0.29) is 41.3 Å². The smallest absolute Gasteiger partial charge is 0.548 e. The number of aliphatic carboxylic acids is 3. The maximum atomic E-state index is 9.96. The van der Waals surface area contributed by atoms with Crippen molar-refractivity contribution >= 4 is 53.2 Å². The minimum absolute atomic E-state index is 0. The van der Waals surface area contributed by atoms with Crippen molar-refractivity contribution in [3.8, 4) is 0 Å². The Morgan fingerprint density at radius 3 is 0.929 bits per heavy atom. The summed E-state index contributed by atoms with van der Waals surface area (Å²) in [7, 11) is 0. The third-order valence-electron chi connectivity index (χ3n) is 2.81. The number of carboxylic acid groups (broad SMARTS) is 3. The van der Waals surface area contributed by atoms with Gasteiger partial charge in [0.25, 0.3) is 0 Å². The van der Waals surface area contributed by atoms with Crippen molar-refractivity contribution in [1.82, 2.24) is 0 Å². The van der Waals surface area contributed by atoms with Crippen LogP contribution in [0, 0.1) is 41.3 Å². The zero-order chi connectivity index (χ0) is 21.8. The van der Waals surface area contributed by atoms with Crippen molar-refractivity contribution < 1.29 is 71.0 Å². The van der Waals surface area contributed by atoms with Crippen LogP contribution in [0.2, 0.25) is 0 Å². The van der Waals surface area contributed by atoms with E-state index >= 15 is 0 Å². The molecule has 6 N–H and O–H groups in total. The van der Waals surface area contributed by atoms with Crippen LogP contribution >= 0.6 is 35.3 Å². The number of nitrogens with two attached hydrogens (primary N) is 3. The van der Waals surface area contributed by atoms with Crippen molar-refractivity contribution in [1.29, 1.82) is 0 Å². The second-order valence-corrected chi connectivity index (χ2v) is 8.08. The van der Waals surface area contributed by atoms with E-state index in [9.17, 15) is 29.7 Å². The molecule has 162 valence electrons. The van der Waals surface area contributed by atoms with Crippen LogP contribution in [0.5, 0.6) is 0 Å². The predicted octanol–water partition coefficient (Wildman–Crippen LogP) is -3.55. The monoisotopic (exact) mass is 585 g/mol. The molecular weight excluding hydrogens is 555 g/mol. The summed E-state index contributed by atoms with van der Waals surface area (Å²) < 4.78 is 0. The zero-order valence-corrected chi connectivity index (χ0v) is 22.6. The first-order valence-electron chi connectivity index (χ1n) is 7.91. The molecular formula is C15H30N3O6PrS3. The SMILES string of the molecule is CSCCC(N)C(=O)[O-].CSCCC(N)C(=O)[O-].CSCCC(N)C(=O)[O-].[Pr+3]. The number of thioether (sulfide) groups is 3. The Hall–Kier alpha value is 0.704. The minimum Gasteiger partial charge on any atom is -0.548 e. The van der Waals surface area contributed by atoms with Gasteiger partial charge in [-0.05, 0) is 55.3 Å². The average molecular weight is 586 g/mol. The second kappa shape index (κ2) is 25.7. The van der Waals surface area contributed by atoms with E-state index in [1.54, 1.807) is 35.3 Å². The molecule has 0 rings (SSSR count). The van der Waals surface area contributed by atoms with E-state index < -0.39 is 36.0 Å². The quantitative estimate of drug-likeness (QED) is 0.204. The number of hydrogen-bond donors (Lipinski definition) is 3. The summed E-state index contributed by atoms with van der Waals surface area (Å²) in [6, 6.07) is -2.38. The summed E-state index contributed by atoms with van der Waals surface area (Å²) in [6.07, 6.45) is 7.18. The molecule has 0 saturated carbocycles. The van der Waals surface area contributed by atoms with Gasteiger partial charge in [-0.3, -0.25) is 0 Å². The first-order chi connectivity index (χ1) is 12.5. The number of carbonyl (C=O) groups is 3. The van der Waals surface area contributed by atoms with Crippen LogP contribution in [0.25, 0.3) is 0 Å². The van der Waals surface area contributed by atoms with Gasteiger partial charge >= 0.3 is 41.3 Å². The Kier molecular flexibility index (Phi) is 33.2. The van der Waals surface area contributed by atoms with Crippen LogP contribution < -0.4 is 32.5 Å². The van der Waals surface area contributed by atoms with E-state index in [0.717, 1.165) is 17.3 Å². The van der Waals surface area contributed by atoms with Gasteiger partial charge in [0.1, 0.15) is 0 Å². The molecule has 0 aliphatic carbocycles. The van der Waals surface area contributed by atoms with E-state index in [2.05, 4.69) is 0 Å². The molecule has 0 bridgehead atoms. The summed E-state index contributed by atoms with van der Waals surface area (Å²) in [4.78, 5) is 29.9. The van der Waals surface area contributed by atoms with E-state index in [1.807, 2.05) is 18.8 Å². The Labute approximate surface area is 213 Å². The first-order valence-corrected chi connectivity index (χ1v) is 12.1. The molecule has 0 aromatic carbocycles. The largest absolute Gasteiger partial charge is 3.00 e. The van der Waals surface area contributed by atoms with Crippen molar-refractivity contribution in [3.05, 3.63) is 0 Å². The summed E-state index contributed by atoms with van der Waals surface area (Å²) in [5, 5.41) is 29.9. The normalized spacial score (nSPS) is 12.6. The molecule has 0 aromatic rings. The standard InChI is InChI=1S/3C5H11NO2S.Pr/c3*1-9-3-2-4(6)5(7)8;/h3*4H,2-3,6H2,1H3,(H,7,8);/q;;;+3/p-3. The van der Waals surface area contributed by atoms with Gasteiger partial charge in [-0.15, -0.1) is 0 Å². The Balaban J connectivity index is -0.000000152. The average Bonchev–Trinajstić information content (AvgIpc) is 2.62. The van der Waals surface area contributed by atoms with Gasteiger partial charge in [0.2, 0.25) is 0 Å². The molecule has 0 spiro atoms. The first kappa shape index (κ1) is 36.1. The van der Waals surface area contributed by atoms with Crippen LogP contribution in [-0.2, 0) is 14.4 Å². The number of hydrogen-bond acceptors (Lipinski definition) is 12. The van der Waals surface area contributed by atoms with Gasteiger partial charge in [-0.1, -0.05) is 0 Å². The summed E-state index contributed by atoms with van der Waals surface area (Å²) in [5.74, 6) is -1.17. The molecule has 0 aromatic heterocycles. The van der Waals surface area contributed by atoms with Crippen molar-refractivity contribution in [2.75, 3.05) is 36.0 Å². The van der Waals surface area contributed by atoms with E-state index in [0.29, 0.717) is 19.3 Å². The third kappa shape index (κ3) is 28.9. The number of carboxylic acids is 3. The fourth-order valence-electron chi connectivity index (χ4n) is 1.09. The number of rotatable bonds is 12. The van der Waals surface area contributed by atoms with Gasteiger partial charge in [0.15, 0.2) is 0 Å². The van der Waals surface area contributed by atoms with Crippen LogP contribution in [0.3, 0.4) is 0 Å². The number of carbonyl (C=O) groups excluding carboxylic acids is 3. The van der Waals surface area contributed by atoms with Crippen LogP contribution in [0.1, 0.15) is 19.3 Å². The molecule has 13 heteroatoms. The molecule has 3 atom stereocenters. The zero-order valence-electron chi connectivity index (χ0n) is 16.5. The molecule has 9 nitrogen and oxygen atoms in total. The predicted molar refractivity (Wildman–Crippen MR) is 108 cm³/mol. The van der Waals surface area contributed by atoms with Crippen LogP contribution in [0.15, 0.2) is 0 Å². The third-order valence-corrected chi connectivity index (χ3v) is 4.74. The summed E-state index contributed by atoms with van der Waals surface area (Å²) >= 11 is 4.73. The minimum atomic E-state index is -1.16. The summed E-state index contributed by atoms with van der Waals surface area (Å²) in [6.45, 7) is 0. The van der Waals surface area contributed by atoms with Gasteiger partial charge in [0, 0.05) is 18.1 Å². The van der Waals surface area contributed by atoms with Crippen LogP contribution in [0.4, 0.5) is 0 Å². The molecule has 0 fully saturated rings. The fraction of sp³-hybridized carbons (Fsp3) is 0.800. The van der Waals surface area contributed by atoms with E-state index in [4.69, 9.17) is 17.2 Å². The molecule has 0 amide bonds. The maximum absolute atomic E-state index is 9.96. The van der Waals surface area contributed by atoms with Gasteiger partial charge in [-0.2, -0.15) is 35.3 Å². The molecule has 0 saturated heterocycles. The Morgan fingerprint density at radius 2 is 0.821 bits per heavy atom. The fourth-order valence-corrected chi connectivity index (χ4v) is 2.56. The maximum Gasteiger partial charge on any atom is 3.00 e.